The lowest BCUT2D eigenvalue weighted by atomic mass is 10.0. The number of rotatable bonds is 7. The summed E-state index contributed by atoms with van der Waals surface area (Å²) in [6.45, 7) is 1.72. The molecule has 3 rings (SSSR count). The van der Waals surface area contributed by atoms with Gasteiger partial charge in [0.25, 0.3) is 0 Å². The summed E-state index contributed by atoms with van der Waals surface area (Å²) in [5.74, 6) is -0.866. The molecule has 30 heavy (non-hydrogen) atoms. The fraction of sp³-hybridized carbons (Fsp3) is 0.208. The molecule has 0 fully saturated rings. The minimum atomic E-state index is -0.333. The van der Waals surface area contributed by atoms with Crippen molar-refractivity contribution in [3.05, 3.63) is 77.9 Å². The van der Waals surface area contributed by atoms with Crippen LogP contribution in [0.15, 0.2) is 66.7 Å². The first kappa shape index (κ1) is 21.0. The highest BCUT2D eigenvalue weighted by atomic mass is 16.2. The molecule has 3 aromatic carbocycles. The maximum atomic E-state index is 12.3. The standard InChI is InChI=1S/C24H25N3O3/c1-17-10-12-20(13-11-17)26-23(29)16-27(2)24(30)15-25-22(28)14-19-8-5-7-18-6-3-4-9-21(18)19/h3-13H,14-16H2,1-2H3,(H,25,28)(H,26,29). The molecule has 0 aliphatic heterocycles. The molecule has 0 spiro atoms. The van der Waals surface area contributed by atoms with Gasteiger partial charge in [-0.2, -0.15) is 0 Å². The number of hydrogen-bond donors (Lipinski definition) is 2. The van der Waals surface area contributed by atoms with E-state index in [0.29, 0.717) is 5.69 Å². The molecule has 0 radical (unpaired) electrons. The summed E-state index contributed by atoms with van der Waals surface area (Å²) in [7, 11) is 1.54. The van der Waals surface area contributed by atoms with Crippen molar-refractivity contribution >= 4 is 34.2 Å². The maximum Gasteiger partial charge on any atom is 0.243 e. The number of nitrogens with zero attached hydrogens (tertiary/aromatic N) is 1. The van der Waals surface area contributed by atoms with Crippen LogP contribution < -0.4 is 10.6 Å². The molecule has 0 heterocycles. The van der Waals surface area contributed by atoms with Crippen LogP contribution in [0.25, 0.3) is 10.8 Å². The van der Waals surface area contributed by atoms with Crippen molar-refractivity contribution in [2.24, 2.45) is 0 Å². The number of carbonyl (C=O) groups excluding carboxylic acids is 3. The summed E-state index contributed by atoms with van der Waals surface area (Å²) in [5, 5.41) is 7.48. The highest BCUT2D eigenvalue weighted by Gasteiger charge is 2.15. The van der Waals surface area contributed by atoms with Crippen LogP contribution in [0.2, 0.25) is 0 Å². The molecular formula is C24H25N3O3. The molecule has 0 bridgehead atoms. The van der Waals surface area contributed by atoms with Crippen LogP contribution in [0.3, 0.4) is 0 Å². The van der Waals surface area contributed by atoms with Crippen molar-refractivity contribution in [1.82, 2.24) is 10.2 Å². The third kappa shape index (κ3) is 5.67. The monoisotopic (exact) mass is 403 g/mol. The number of benzene rings is 3. The summed E-state index contributed by atoms with van der Waals surface area (Å²) in [4.78, 5) is 38.0. The van der Waals surface area contributed by atoms with Gasteiger partial charge in [-0.3, -0.25) is 14.4 Å². The fourth-order valence-corrected chi connectivity index (χ4v) is 3.13. The minimum Gasteiger partial charge on any atom is -0.347 e. The number of likely N-dealkylation sites (N-methyl/N-ethyl adjacent to an activating group) is 1. The van der Waals surface area contributed by atoms with E-state index in [1.165, 1.54) is 11.9 Å². The predicted octanol–water partition coefficient (Wildman–Crippen LogP) is 2.90. The van der Waals surface area contributed by atoms with Crippen LogP contribution in [0.1, 0.15) is 11.1 Å². The summed E-state index contributed by atoms with van der Waals surface area (Å²) < 4.78 is 0. The Morgan fingerprint density at radius 2 is 1.57 bits per heavy atom. The van der Waals surface area contributed by atoms with Crippen molar-refractivity contribution < 1.29 is 14.4 Å². The van der Waals surface area contributed by atoms with E-state index in [2.05, 4.69) is 10.6 Å². The first-order valence-electron chi connectivity index (χ1n) is 9.76. The second-order valence-electron chi connectivity index (χ2n) is 7.26. The van der Waals surface area contributed by atoms with Gasteiger partial charge in [-0.15, -0.1) is 0 Å². The second kappa shape index (κ2) is 9.69. The van der Waals surface area contributed by atoms with Crippen molar-refractivity contribution in [3.63, 3.8) is 0 Å². The normalized spacial score (nSPS) is 10.5. The molecule has 0 aliphatic rings. The third-order valence-corrected chi connectivity index (χ3v) is 4.81. The second-order valence-corrected chi connectivity index (χ2v) is 7.26. The third-order valence-electron chi connectivity index (χ3n) is 4.81. The maximum absolute atomic E-state index is 12.3. The van der Waals surface area contributed by atoms with Gasteiger partial charge >= 0.3 is 0 Å². The average Bonchev–Trinajstić information content (AvgIpc) is 2.74. The molecule has 2 N–H and O–H groups in total. The van der Waals surface area contributed by atoms with E-state index >= 15 is 0 Å². The fourth-order valence-electron chi connectivity index (χ4n) is 3.13. The molecule has 154 valence electrons. The first-order valence-corrected chi connectivity index (χ1v) is 9.76. The largest absolute Gasteiger partial charge is 0.347 e. The van der Waals surface area contributed by atoms with E-state index in [4.69, 9.17) is 0 Å². The Kier molecular flexibility index (Phi) is 6.80. The highest BCUT2D eigenvalue weighted by Crippen LogP contribution is 2.18. The lowest BCUT2D eigenvalue weighted by molar-refractivity contribution is -0.134. The highest BCUT2D eigenvalue weighted by molar-refractivity contribution is 5.95. The van der Waals surface area contributed by atoms with Gasteiger partial charge in [0.05, 0.1) is 19.5 Å². The van der Waals surface area contributed by atoms with Gasteiger partial charge in [0.15, 0.2) is 0 Å². The lowest BCUT2D eigenvalue weighted by Gasteiger charge is -2.17. The van der Waals surface area contributed by atoms with Crippen molar-refractivity contribution in [2.75, 3.05) is 25.5 Å². The molecular weight excluding hydrogens is 378 g/mol. The molecule has 3 aromatic rings. The van der Waals surface area contributed by atoms with E-state index in [0.717, 1.165) is 21.9 Å². The van der Waals surface area contributed by atoms with Crippen LogP contribution in [0.4, 0.5) is 5.69 Å². The molecule has 0 saturated carbocycles. The lowest BCUT2D eigenvalue weighted by Crippen LogP contribution is -2.41. The van der Waals surface area contributed by atoms with E-state index < -0.39 is 0 Å². The topological polar surface area (TPSA) is 78.5 Å². The zero-order valence-electron chi connectivity index (χ0n) is 17.1. The summed E-state index contributed by atoms with van der Waals surface area (Å²) in [5.41, 5.74) is 2.68. The molecule has 6 nitrogen and oxygen atoms in total. The number of amides is 3. The smallest absolute Gasteiger partial charge is 0.243 e. The van der Waals surface area contributed by atoms with E-state index in [-0.39, 0.29) is 37.2 Å². The Labute approximate surface area is 175 Å². The Morgan fingerprint density at radius 3 is 2.33 bits per heavy atom. The number of hydrogen-bond acceptors (Lipinski definition) is 3. The van der Waals surface area contributed by atoms with Gasteiger partial charge in [-0.1, -0.05) is 60.2 Å². The summed E-state index contributed by atoms with van der Waals surface area (Å²) in [6.07, 6.45) is 0.187. The van der Waals surface area contributed by atoms with Gasteiger partial charge in [-0.05, 0) is 35.4 Å². The molecule has 0 saturated heterocycles. The van der Waals surface area contributed by atoms with Crippen LogP contribution >= 0.6 is 0 Å². The number of aryl methyl sites for hydroxylation is 1. The van der Waals surface area contributed by atoms with Crippen molar-refractivity contribution in [1.29, 1.82) is 0 Å². The van der Waals surface area contributed by atoms with Gasteiger partial charge in [0.2, 0.25) is 17.7 Å². The Hall–Kier alpha value is -3.67. The average molecular weight is 403 g/mol. The van der Waals surface area contributed by atoms with Gasteiger partial charge in [-0.25, -0.2) is 0 Å². The minimum absolute atomic E-state index is 0.0914. The molecule has 0 aromatic heterocycles. The molecule has 0 atom stereocenters. The van der Waals surface area contributed by atoms with Crippen LogP contribution in [0, 0.1) is 6.92 Å². The van der Waals surface area contributed by atoms with Gasteiger partial charge in [0.1, 0.15) is 0 Å². The van der Waals surface area contributed by atoms with Crippen molar-refractivity contribution in [3.8, 4) is 0 Å². The van der Waals surface area contributed by atoms with Gasteiger partial charge in [0, 0.05) is 12.7 Å². The zero-order valence-corrected chi connectivity index (χ0v) is 17.1. The molecule has 0 unspecified atom stereocenters. The Bertz CT molecular complexity index is 1060. The number of carbonyl (C=O) groups is 3. The van der Waals surface area contributed by atoms with Crippen LogP contribution in [0.5, 0.6) is 0 Å². The van der Waals surface area contributed by atoms with E-state index in [1.54, 1.807) is 0 Å². The summed E-state index contributed by atoms with van der Waals surface area (Å²) >= 11 is 0. The first-order chi connectivity index (χ1) is 14.4. The van der Waals surface area contributed by atoms with E-state index in [1.807, 2.05) is 73.7 Å². The van der Waals surface area contributed by atoms with Crippen LogP contribution in [-0.2, 0) is 20.8 Å². The zero-order chi connectivity index (χ0) is 21.5. The quantitative estimate of drug-likeness (QED) is 0.637. The number of nitrogens with one attached hydrogen (secondary N) is 2. The molecule has 0 aliphatic carbocycles. The van der Waals surface area contributed by atoms with Crippen molar-refractivity contribution in [2.45, 2.75) is 13.3 Å². The number of anilines is 1. The van der Waals surface area contributed by atoms with Gasteiger partial charge < -0.3 is 15.5 Å². The SMILES string of the molecule is Cc1ccc(NC(=O)CN(C)C(=O)CNC(=O)Cc2cccc3ccccc23)cc1. The van der Waals surface area contributed by atoms with Crippen LogP contribution in [-0.4, -0.2) is 42.8 Å². The number of fused-ring (bicyclic) bond motifs is 1. The van der Waals surface area contributed by atoms with E-state index in [9.17, 15) is 14.4 Å². The Balaban J connectivity index is 1.47. The predicted molar refractivity (Wildman–Crippen MR) is 118 cm³/mol. The molecule has 6 heteroatoms. The Morgan fingerprint density at radius 1 is 0.867 bits per heavy atom. The molecule has 3 amide bonds. The summed E-state index contributed by atoms with van der Waals surface area (Å²) in [6, 6.07) is 21.1.